The quantitative estimate of drug-likeness (QED) is 0.123. The first kappa shape index (κ1) is 32.0. The number of hydrogen-bond donors (Lipinski definition) is 10. The Hall–Kier alpha value is -1.48. The fraction of sp³-hybridized carbons (Fsp3) is 0.909. The van der Waals surface area contributed by atoms with Crippen LogP contribution in [0.5, 0.6) is 0 Å². The Bertz CT molecular complexity index is 828. The SMILES string of the molecule is [B]CCNC(=O)[C@H](NC(C)=O)[C@H]1O[C@@H]2O[C@@H](C[C@H]3[C@H](O[C@@H]1[C@H](O)CO)O[C@H](CO)[C@H](O)[C@@H]3O)[C@@H](O)[C@@H](O)[C@@H]2O. The van der Waals surface area contributed by atoms with E-state index >= 15 is 0 Å². The molecule has 3 saturated heterocycles. The Morgan fingerprint density at radius 3 is 2.15 bits per heavy atom. The Kier molecular flexibility index (Phi) is 11.4. The molecule has 3 fully saturated rings. The van der Waals surface area contributed by atoms with Gasteiger partial charge >= 0.3 is 0 Å². The molecule has 14 atom stereocenters. The van der Waals surface area contributed by atoms with Crippen LogP contribution in [0, 0.1) is 5.92 Å². The van der Waals surface area contributed by atoms with Crippen LogP contribution >= 0.6 is 0 Å². The number of aliphatic hydroxyl groups is 8. The van der Waals surface area contributed by atoms with Gasteiger partial charge in [-0.25, -0.2) is 0 Å². The van der Waals surface area contributed by atoms with Crippen molar-refractivity contribution in [1.82, 2.24) is 10.6 Å². The number of nitrogens with one attached hydrogen (secondary N) is 2. The maximum Gasteiger partial charge on any atom is 0.245 e. The third-order valence-corrected chi connectivity index (χ3v) is 7.07. The van der Waals surface area contributed by atoms with Crippen LogP contribution in [0.3, 0.4) is 0 Å². The van der Waals surface area contributed by atoms with Crippen molar-refractivity contribution in [3.63, 3.8) is 0 Å². The van der Waals surface area contributed by atoms with Crippen molar-refractivity contribution in [3.8, 4) is 0 Å². The summed E-state index contributed by atoms with van der Waals surface area (Å²) < 4.78 is 23.2. The third-order valence-electron chi connectivity index (χ3n) is 7.07. The van der Waals surface area contributed by atoms with Crippen molar-refractivity contribution in [1.29, 1.82) is 0 Å². The summed E-state index contributed by atoms with van der Waals surface area (Å²) in [4.78, 5) is 25.2. The van der Waals surface area contributed by atoms with Gasteiger partial charge in [0.2, 0.25) is 11.8 Å². The molecule has 16 nitrogen and oxygen atoms in total. The highest BCUT2D eigenvalue weighted by molar-refractivity contribution is 6.08. The van der Waals surface area contributed by atoms with Gasteiger partial charge in [0.25, 0.3) is 0 Å². The molecular weight excluding hydrogens is 527 g/mol. The molecule has 2 radical (unpaired) electrons. The molecule has 3 aliphatic rings. The molecular formula is C22H37BN2O14. The lowest BCUT2D eigenvalue weighted by Crippen LogP contribution is -2.67. The zero-order chi connectivity index (χ0) is 29.0. The molecule has 3 rings (SSSR count). The van der Waals surface area contributed by atoms with Gasteiger partial charge in [0, 0.05) is 19.4 Å². The molecule has 0 aliphatic carbocycles. The van der Waals surface area contributed by atoms with Crippen LogP contribution in [0.4, 0.5) is 0 Å². The summed E-state index contributed by atoms with van der Waals surface area (Å²) in [5.41, 5.74) is 0. The lowest BCUT2D eigenvalue weighted by atomic mass is 9.83. The van der Waals surface area contributed by atoms with E-state index in [0.29, 0.717) is 0 Å². The average molecular weight is 564 g/mol. The molecule has 17 heteroatoms. The minimum Gasteiger partial charge on any atom is -0.394 e. The molecule has 0 unspecified atom stereocenters. The van der Waals surface area contributed by atoms with Gasteiger partial charge in [0.15, 0.2) is 12.6 Å². The molecule has 0 aromatic rings. The molecule has 3 heterocycles. The topological polar surface area (TPSA) is 257 Å². The summed E-state index contributed by atoms with van der Waals surface area (Å²) >= 11 is 0. The van der Waals surface area contributed by atoms with E-state index in [0.717, 1.165) is 6.92 Å². The number of carbonyl (C=O) groups is 2. The van der Waals surface area contributed by atoms with Gasteiger partial charge < -0.3 is 70.4 Å². The predicted octanol–water partition coefficient (Wildman–Crippen LogP) is -6.42. The second-order valence-corrected chi connectivity index (χ2v) is 9.83. The lowest BCUT2D eigenvalue weighted by molar-refractivity contribution is -0.362. The Balaban J connectivity index is 2.12. The number of fused-ring (bicyclic) bond motifs is 3. The van der Waals surface area contributed by atoms with Crippen LogP contribution in [0.15, 0.2) is 0 Å². The van der Waals surface area contributed by atoms with Crippen LogP contribution in [0.1, 0.15) is 13.3 Å². The molecule has 3 aliphatic heterocycles. The third kappa shape index (κ3) is 7.06. The lowest BCUT2D eigenvalue weighted by Gasteiger charge is -2.50. The Morgan fingerprint density at radius 1 is 0.897 bits per heavy atom. The zero-order valence-corrected chi connectivity index (χ0v) is 21.2. The maximum atomic E-state index is 13.1. The highest BCUT2D eigenvalue weighted by Gasteiger charge is 2.54. The molecule has 10 N–H and O–H groups in total. The van der Waals surface area contributed by atoms with E-state index in [4.69, 9.17) is 26.8 Å². The smallest absolute Gasteiger partial charge is 0.245 e. The highest BCUT2D eigenvalue weighted by Crippen LogP contribution is 2.37. The fourth-order valence-electron chi connectivity index (χ4n) is 4.98. The van der Waals surface area contributed by atoms with Crippen molar-refractivity contribution in [3.05, 3.63) is 0 Å². The Morgan fingerprint density at radius 2 is 1.56 bits per heavy atom. The van der Waals surface area contributed by atoms with Gasteiger partial charge in [-0.15, -0.1) is 0 Å². The summed E-state index contributed by atoms with van der Waals surface area (Å²) in [6, 6.07) is -1.66. The number of carbonyl (C=O) groups excluding carboxylic acids is 2. The summed E-state index contributed by atoms with van der Waals surface area (Å²) in [5.74, 6) is -2.79. The van der Waals surface area contributed by atoms with E-state index in [2.05, 4.69) is 10.6 Å². The summed E-state index contributed by atoms with van der Waals surface area (Å²) in [5, 5.41) is 88.1. The van der Waals surface area contributed by atoms with Gasteiger partial charge in [0.05, 0.1) is 33.3 Å². The molecule has 0 spiro atoms. The normalized spacial score (nSPS) is 42.5. The summed E-state index contributed by atoms with van der Waals surface area (Å²) in [6.45, 7) is -0.635. The largest absolute Gasteiger partial charge is 0.394 e. The Labute approximate surface area is 225 Å². The molecule has 39 heavy (non-hydrogen) atoms. The summed E-state index contributed by atoms with van der Waals surface area (Å²) in [6.07, 6.45) is -20.3. The minimum absolute atomic E-state index is 0.0265. The van der Waals surface area contributed by atoms with E-state index in [1.54, 1.807) is 0 Å². The van der Waals surface area contributed by atoms with Gasteiger partial charge in [-0.1, -0.05) is 6.32 Å². The van der Waals surface area contributed by atoms with E-state index in [1.165, 1.54) is 0 Å². The average Bonchev–Trinajstić information content (AvgIpc) is 2.91. The first-order chi connectivity index (χ1) is 18.4. The molecule has 0 aromatic carbocycles. The van der Waals surface area contributed by atoms with Crippen molar-refractivity contribution in [2.24, 2.45) is 5.92 Å². The molecule has 0 saturated carbocycles. The number of ether oxygens (including phenoxy) is 4. The van der Waals surface area contributed by atoms with Crippen LogP contribution < -0.4 is 10.6 Å². The monoisotopic (exact) mass is 564 g/mol. The number of amides is 2. The van der Waals surface area contributed by atoms with E-state index in [9.17, 15) is 50.4 Å². The molecule has 2 bridgehead atoms. The number of hydrogen-bond acceptors (Lipinski definition) is 14. The zero-order valence-electron chi connectivity index (χ0n) is 21.2. The van der Waals surface area contributed by atoms with Gasteiger partial charge in [-0.2, -0.15) is 0 Å². The van der Waals surface area contributed by atoms with Crippen LogP contribution in [0.2, 0.25) is 6.32 Å². The summed E-state index contributed by atoms with van der Waals surface area (Å²) in [7, 11) is 5.46. The number of rotatable bonds is 8. The number of aliphatic hydroxyl groups excluding tert-OH is 8. The van der Waals surface area contributed by atoms with Crippen molar-refractivity contribution < 1.29 is 69.4 Å². The van der Waals surface area contributed by atoms with Gasteiger partial charge in [-0.05, 0) is 6.42 Å². The fourth-order valence-corrected chi connectivity index (χ4v) is 4.98. The van der Waals surface area contributed by atoms with Crippen molar-refractivity contribution in [2.75, 3.05) is 19.8 Å². The molecule has 0 aromatic heterocycles. The maximum absolute atomic E-state index is 13.1. The second-order valence-electron chi connectivity index (χ2n) is 9.83. The molecule has 2 amide bonds. The molecule has 222 valence electrons. The van der Waals surface area contributed by atoms with Gasteiger partial charge in [-0.3, -0.25) is 9.59 Å². The van der Waals surface area contributed by atoms with Gasteiger partial charge in [0.1, 0.15) is 54.9 Å². The van der Waals surface area contributed by atoms with Crippen molar-refractivity contribution in [2.45, 2.75) is 99.3 Å². The van der Waals surface area contributed by atoms with Crippen LogP contribution in [-0.2, 0) is 28.5 Å². The van der Waals surface area contributed by atoms with Crippen LogP contribution in [-0.4, -0.2) is 160 Å². The van der Waals surface area contributed by atoms with E-state index in [-0.39, 0.29) is 19.3 Å². The highest BCUT2D eigenvalue weighted by atomic mass is 16.7. The first-order valence-electron chi connectivity index (χ1n) is 12.6. The second kappa shape index (κ2) is 13.9. The predicted molar refractivity (Wildman–Crippen MR) is 127 cm³/mol. The standard InChI is InChI=1S/C22H37BN2O14/c1-7(28)25-12(20(35)24-3-2-23)19-18(9(29)5-26)38-21-8(13(30)15(32)11(6-27)37-21)4-10-14(31)16(33)17(34)22(36-10)39-19/h8-19,21-22,26-27,29-34H,2-6H2,1H3,(H,24,35)(H,25,28)/t8-,9-,10+,11-,12-,13-,14-,15+,16-,17+,18-,19-,21+,22+/m1/s1. The minimum atomic E-state index is -1.89. The van der Waals surface area contributed by atoms with E-state index in [1.807, 2.05) is 0 Å². The van der Waals surface area contributed by atoms with Crippen molar-refractivity contribution >= 4 is 19.7 Å². The first-order valence-corrected chi connectivity index (χ1v) is 12.6. The van der Waals surface area contributed by atoms with E-state index < -0.39 is 111 Å². The van der Waals surface area contributed by atoms with Crippen LogP contribution in [0.25, 0.3) is 0 Å².